The normalized spacial score (nSPS) is 20.2. The highest BCUT2D eigenvalue weighted by Gasteiger charge is 2.26. The maximum atomic E-state index is 11.7. The van der Waals surface area contributed by atoms with E-state index in [-0.39, 0.29) is 18.4 Å². The average molecular weight is 215 g/mol. The van der Waals surface area contributed by atoms with E-state index >= 15 is 0 Å². The van der Waals surface area contributed by atoms with Crippen LogP contribution in [0.1, 0.15) is 25.7 Å². The van der Waals surface area contributed by atoms with Gasteiger partial charge in [-0.2, -0.15) is 0 Å². The van der Waals surface area contributed by atoms with Gasteiger partial charge in [-0.05, 0) is 19.3 Å². The van der Waals surface area contributed by atoms with E-state index in [0.29, 0.717) is 19.6 Å². The molecule has 1 aliphatic rings. The fourth-order valence-corrected chi connectivity index (χ4v) is 1.60. The maximum Gasteiger partial charge on any atom is 0.303 e. The SMILES string of the molecule is CN(CCCC(=O)O)C(=O)[C@H]1CCCO1. The van der Waals surface area contributed by atoms with E-state index in [9.17, 15) is 9.59 Å². The van der Waals surface area contributed by atoms with Crippen LogP contribution < -0.4 is 0 Å². The van der Waals surface area contributed by atoms with Gasteiger partial charge in [-0.1, -0.05) is 0 Å². The first-order chi connectivity index (χ1) is 7.11. The van der Waals surface area contributed by atoms with Crippen molar-refractivity contribution in [1.82, 2.24) is 4.90 Å². The van der Waals surface area contributed by atoms with Crippen molar-refractivity contribution >= 4 is 11.9 Å². The van der Waals surface area contributed by atoms with Gasteiger partial charge < -0.3 is 14.7 Å². The molecule has 1 rings (SSSR count). The third kappa shape index (κ3) is 3.87. The van der Waals surface area contributed by atoms with E-state index in [1.54, 1.807) is 11.9 Å². The molecule has 0 aromatic rings. The van der Waals surface area contributed by atoms with Gasteiger partial charge in [-0.15, -0.1) is 0 Å². The zero-order valence-electron chi connectivity index (χ0n) is 8.94. The van der Waals surface area contributed by atoms with Crippen molar-refractivity contribution in [2.24, 2.45) is 0 Å². The Labute approximate surface area is 89.0 Å². The van der Waals surface area contributed by atoms with Crippen LogP contribution in [0.5, 0.6) is 0 Å². The number of carboxylic acids is 1. The summed E-state index contributed by atoms with van der Waals surface area (Å²) in [5.74, 6) is -0.856. The molecular formula is C10H17NO4. The lowest BCUT2D eigenvalue weighted by molar-refractivity contribution is -0.141. The Morgan fingerprint density at radius 2 is 2.27 bits per heavy atom. The largest absolute Gasteiger partial charge is 0.481 e. The molecule has 0 saturated carbocycles. The number of aliphatic carboxylic acids is 1. The summed E-state index contributed by atoms with van der Waals surface area (Å²) in [6, 6.07) is 0. The third-order valence-electron chi connectivity index (χ3n) is 2.47. The summed E-state index contributed by atoms with van der Waals surface area (Å²) in [6.45, 7) is 1.13. The molecule has 0 radical (unpaired) electrons. The number of nitrogens with zero attached hydrogens (tertiary/aromatic N) is 1. The molecule has 0 spiro atoms. The molecule has 0 aliphatic carbocycles. The van der Waals surface area contributed by atoms with Crippen molar-refractivity contribution in [2.75, 3.05) is 20.2 Å². The van der Waals surface area contributed by atoms with E-state index in [1.165, 1.54) is 0 Å². The molecule has 15 heavy (non-hydrogen) atoms. The molecule has 0 unspecified atom stereocenters. The monoisotopic (exact) mass is 215 g/mol. The number of hydrogen-bond acceptors (Lipinski definition) is 3. The van der Waals surface area contributed by atoms with Gasteiger partial charge in [0.15, 0.2) is 0 Å². The first-order valence-electron chi connectivity index (χ1n) is 5.19. The molecule has 1 saturated heterocycles. The minimum atomic E-state index is -0.826. The lowest BCUT2D eigenvalue weighted by atomic mass is 10.2. The summed E-state index contributed by atoms with van der Waals surface area (Å²) in [6.07, 6.45) is 1.99. The van der Waals surface area contributed by atoms with Gasteiger partial charge in [-0.25, -0.2) is 0 Å². The molecule has 1 fully saturated rings. The molecule has 5 nitrogen and oxygen atoms in total. The highest BCUT2D eigenvalue weighted by molar-refractivity contribution is 5.80. The molecular weight excluding hydrogens is 198 g/mol. The lowest BCUT2D eigenvalue weighted by Crippen LogP contribution is -2.36. The second-order valence-corrected chi connectivity index (χ2v) is 3.76. The Morgan fingerprint density at radius 1 is 1.53 bits per heavy atom. The molecule has 0 aromatic heterocycles. The summed E-state index contributed by atoms with van der Waals surface area (Å²) in [4.78, 5) is 23.5. The standard InChI is InChI=1S/C10H17NO4/c1-11(6-2-5-9(12)13)10(14)8-4-3-7-15-8/h8H,2-7H2,1H3,(H,12,13)/t8-/m1/s1. The molecule has 1 atom stereocenters. The van der Waals surface area contributed by atoms with Gasteiger partial charge in [0.05, 0.1) is 0 Å². The topological polar surface area (TPSA) is 66.8 Å². The number of carbonyl (C=O) groups is 2. The van der Waals surface area contributed by atoms with Crippen molar-refractivity contribution < 1.29 is 19.4 Å². The number of carbonyl (C=O) groups excluding carboxylic acids is 1. The van der Waals surface area contributed by atoms with E-state index < -0.39 is 5.97 Å². The van der Waals surface area contributed by atoms with Gasteiger partial charge in [-0.3, -0.25) is 9.59 Å². The van der Waals surface area contributed by atoms with Crippen LogP contribution in [0.2, 0.25) is 0 Å². The predicted molar refractivity (Wildman–Crippen MR) is 53.5 cm³/mol. The molecule has 1 N–H and O–H groups in total. The van der Waals surface area contributed by atoms with E-state index in [4.69, 9.17) is 9.84 Å². The van der Waals surface area contributed by atoms with Crippen LogP contribution >= 0.6 is 0 Å². The molecule has 5 heteroatoms. The number of carboxylic acid groups (broad SMARTS) is 1. The fourth-order valence-electron chi connectivity index (χ4n) is 1.60. The Morgan fingerprint density at radius 3 is 2.80 bits per heavy atom. The van der Waals surface area contributed by atoms with Crippen molar-refractivity contribution in [2.45, 2.75) is 31.8 Å². The summed E-state index contributed by atoms with van der Waals surface area (Å²) in [5, 5.41) is 8.45. The number of hydrogen-bond donors (Lipinski definition) is 1. The maximum absolute atomic E-state index is 11.7. The van der Waals surface area contributed by atoms with E-state index in [1.807, 2.05) is 0 Å². The zero-order valence-corrected chi connectivity index (χ0v) is 8.94. The number of ether oxygens (including phenoxy) is 1. The highest BCUT2D eigenvalue weighted by atomic mass is 16.5. The quantitative estimate of drug-likeness (QED) is 0.724. The van der Waals surface area contributed by atoms with Crippen molar-refractivity contribution in [3.8, 4) is 0 Å². The Bertz CT molecular complexity index is 236. The minimum absolute atomic E-state index is 0.0297. The van der Waals surface area contributed by atoms with Crippen molar-refractivity contribution in [3.05, 3.63) is 0 Å². The second kappa shape index (κ2) is 5.70. The predicted octanol–water partition coefficient (Wildman–Crippen LogP) is 0.489. The van der Waals surface area contributed by atoms with Crippen LogP contribution in [0.4, 0.5) is 0 Å². The molecule has 86 valence electrons. The van der Waals surface area contributed by atoms with Crippen LogP contribution in [-0.2, 0) is 14.3 Å². The smallest absolute Gasteiger partial charge is 0.303 e. The van der Waals surface area contributed by atoms with Crippen LogP contribution in [0.25, 0.3) is 0 Å². The summed E-state index contributed by atoms with van der Waals surface area (Å²) >= 11 is 0. The van der Waals surface area contributed by atoms with Crippen LogP contribution in [0, 0.1) is 0 Å². The lowest BCUT2D eigenvalue weighted by Gasteiger charge is -2.20. The first-order valence-corrected chi connectivity index (χ1v) is 5.19. The van der Waals surface area contributed by atoms with Crippen molar-refractivity contribution in [3.63, 3.8) is 0 Å². The summed E-state index contributed by atoms with van der Waals surface area (Å²) in [5.41, 5.74) is 0. The summed E-state index contributed by atoms with van der Waals surface area (Å²) in [7, 11) is 1.69. The zero-order chi connectivity index (χ0) is 11.3. The third-order valence-corrected chi connectivity index (χ3v) is 2.47. The Hall–Kier alpha value is -1.10. The van der Waals surface area contributed by atoms with Gasteiger partial charge in [0, 0.05) is 26.6 Å². The first kappa shape index (κ1) is 12.0. The fraction of sp³-hybridized carbons (Fsp3) is 0.800. The number of likely N-dealkylation sites (N-methyl/N-ethyl adjacent to an activating group) is 1. The van der Waals surface area contributed by atoms with E-state index in [2.05, 4.69) is 0 Å². The molecule has 1 amide bonds. The molecule has 0 aromatic carbocycles. The minimum Gasteiger partial charge on any atom is -0.481 e. The Balaban J connectivity index is 2.23. The van der Waals surface area contributed by atoms with Gasteiger partial charge >= 0.3 is 5.97 Å². The van der Waals surface area contributed by atoms with Gasteiger partial charge in [0.2, 0.25) is 0 Å². The van der Waals surface area contributed by atoms with Crippen molar-refractivity contribution in [1.29, 1.82) is 0 Å². The van der Waals surface area contributed by atoms with Gasteiger partial charge in [0.25, 0.3) is 5.91 Å². The van der Waals surface area contributed by atoms with E-state index in [0.717, 1.165) is 12.8 Å². The molecule has 1 heterocycles. The number of rotatable bonds is 5. The average Bonchev–Trinajstić information content (AvgIpc) is 2.68. The highest BCUT2D eigenvalue weighted by Crippen LogP contribution is 2.14. The summed E-state index contributed by atoms with van der Waals surface area (Å²) < 4.78 is 5.26. The van der Waals surface area contributed by atoms with Crippen LogP contribution in [0.15, 0.2) is 0 Å². The van der Waals surface area contributed by atoms with Crippen LogP contribution in [0.3, 0.4) is 0 Å². The van der Waals surface area contributed by atoms with Gasteiger partial charge in [0.1, 0.15) is 6.10 Å². The van der Waals surface area contributed by atoms with Crippen LogP contribution in [-0.4, -0.2) is 48.2 Å². The molecule has 0 bridgehead atoms. The second-order valence-electron chi connectivity index (χ2n) is 3.76. The number of amides is 1. The molecule has 1 aliphatic heterocycles. The Kier molecular flexibility index (Phi) is 4.55.